The number of amides is 1. The first-order valence-corrected chi connectivity index (χ1v) is 7.30. The number of benzene rings is 1. The van der Waals surface area contributed by atoms with Crippen LogP contribution in [0, 0.1) is 0 Å². The molecule has 0 unspecified atom stereocenters. The summed E-state index contributed by atoms with van der Waals surface area (Å²) in [6, 6.07) is 11.5. The standard InChI is InChI=1S/C16H14N2OS/c1-18(10-12-7-9-20-11-12)16(19)14-4-2-6-15-13(14)5-3-8-17-15/h2-9,11H,10H2,1H3. The molecule has 0 aliphatic heterocycles. The van der Waals surface area contributed by atoms with Crippen molar-refractivity contribution < 1.29 is 4.79 Å². The number of fused-ring (bicyclic) bond motifs is 1. The van der Waals surface area contributed by atoms with Gasteiger partial charge in [0, 0.05) is 30.7 Å². The summed E-state index contributed by atoms with van der Waals surface area (Å²) < 4.78 is 0. The Balaban J connectivity index is 1.92. The Morgan fingerprint density at radius 1 is 1.25 bits per heavy atom. The van der Waals surface area contributed by atoms with Crippen molar-refractivity contribution in [2.24, 2.45) is 0 Å². The fourth-order valence-electron chi connectivity index (χ4n) is 2.22. The number of rotatable bonds is 3. The Labute approximate surface area is 121 Å². The number of carbonyl (C=O) groups excluding carboxylic acids is 1. The molecule has 3 rings (SSSR count). The number of pyridine rings is 1. The minimum absolute atomic E-state index is 0.0230. The fraction of sp³-hybridized carbons (Fsp3) is 0.125. The molecule has 1 aromatic carbocycles. The molecule has 0 radical (unpaired) electrons. The Kier molecular flexibility index (Phi) is 3.48. The van der Waals surface area contributed by atoms with Gasteiger partial charge in [0.15, 0.2) is 0 Å². The van der Waals surface area contributed by atoms with Gasteiger partial charge < -0.3 is 4.90 Å². The average molecular weight is 282 g/mol. The molecule has 100 valence electrons. The number of thiophene rings is 1. The third-order valence-corrected chi connectivity index (χ3v) is 3.95. The first-order valence-electron chi connectivity index (χ1n) is 6.36. The van der Waals surface area contributed by atoms with E-state index in [2.05, 4.69) is 10.4 Å². The lowest BCUT2D eigenvalue weighted by Crippen LogP contribution is -2.26. The summed E-state index contributed by atoms with van der Waals surface area (Å²) in [6.45, 7) is 0.624. The Morgan fingerprint density at radius 2 is 2.15 bits per heavy atom. The van der Waals surface area contributed by atoms with E-state index >= 15 is 0 Å². The van der Waals surface area contributed by atoms with Gasteiger partial charge in [0.1, 0.15) is 0 Å². The fourth-order valence-corrected chi connectivity index (χ4v) is 2.88. The molecule has 0 saturated carbocycles. The minimum atomic E-state index is 0.0230. The molecule has 0 spiro atoms. The number of nitrogens with zero attached hydrogens (tertiary/aromatic N) is 2. The van der Waals surface area contributed by atoms with Gasteiger partial charge >= 0.3 is 0 Å². The zero-order valence-electron chi connectivity index (χ0n) is 11.1. The van der Waals surface area contributed by atoms with Crippen molar-refractivity contribution in [3.63, 3.8) is 0 Å². The van der Waals surface area contributed by atoms with Crippen LogP contribution in [0.25, 0.3) is 10.9 Å². The smallest absolute Gasteiger partial charge is 0.254 e. The normalized spacial score (nSPS) is 10.7. The third kappa shape index (κ3) is 2.42. The first kappa shape index (κ1) is 12.8. The highest BCUT2D eigenvalue weighted by Crippen LogP contribution is 2.19. The highest BCUT2D eigenvalue weighted by atomic mass is 32.1. The first-order chi connectivity index (χ1) is 9.75. The van der Waals surface area contributed by atoms with Gasteiger partial charge in [-0.1, -0.05) is 12.1 Å². The molecule has 0 aliphatic rings. The van der Waals surface area contributed by atoms with Crippen molar-refractivity contribution in [3.8, 4) is 0 Å². The van der Waals surface area contributed by atoms with E-state index in [1.807, 2.05) is 48.8 Å². The largest absolute Gasteiger partial charge is 0.337 e. The van der Waals surface area contributed by atoms with Crippen LogP contribution in [0.4, 0.5) is 0 Å². The topological polar surface area (TPSA) is 33.2 Å². The highest BCUT2D eigenvalue weighted by Gasteiger charge is 2.15. The molecule has 0 saturated heterocycles. The number of aromatic nitrogens is 1. The molecule has 0 N–H and O–H groups in total. The highest BCUT2D eigenvalue weighted by molar-refractivity contribution is 7.07. The van der Waals surface area contributed by atoms with E-state index in [0.29, 0.717) is 12.1 Å². The molecule has 3 aromatic rings. The van der Waals surface area contributed by atoms with Crippen LogP contribution in [0.2, 0.25) is 0 Å². The lowest BCUT2D eigenvalue weighted by atomic mass is 10.1. The second-order valence-corrected chi connectivity index (χ2v) is 5.45. The van der Waals surface area contributed by atoms with Crippen molar-refractivity contribution in [1.29, 1.82) is 0 Å². The summed E-state index contributed by atoms with van der Waals surface area (Å²) in [4.78, 5) is 18.6. The van der Waals surface area contributed by atoms with Gasteiger partial charge in [-0.3, -0.25) is 9.78 Å². The summed E-state index contributed by atoms with van der Waals surface area (Å²) >= 11 is 1.64. The van der Waals surface area contributed by atoms with E-state index in [1.54, 1.807) is 22.4 Å². The average Bonchev–Trinajstić information content (AvgIpc) is 2.99. The van der Waals surface area contributed by atoms with Gasteiger partial charge in [-0.05, 0) is 40.6 Å². The van der Waals surface area contributed by atoms with Gasteiger partial charge in [-0.15, -0.1) is 0 Å². The summed E-state index contributed by atoms with van der Waals surface area (Å²) in [5.74, 6) is 0.0230. The number of carbonyl (C=O) groups is 1. The molecule has 0 atom stereocenters. The molecule has 1 amide bonds. The van der Waals surface area contributed by atoms with Crippen LogP contribution in [-0.4, -0.2) is 22.8 Å². The van der Waals surface area contributed by atoms with Crippen LogP contribution in [0.3, 0.4) is 0 Å². The molecule has 2 heterocycles. The van der Waals surface area contributed by atoms with Gasteiger partial charge in [0.25, 0.3) is 5.91 Å². The third-order valence-electron chi connectivity index (χ3n) is 3.22. The molecule has 20 heavy (non-hydrogen) atoms. The Hall–Kier alpha value is -2.20. The van der Waals surface area contributed by atoms with Crippen LogP contribution in [0.1, 0.15) is 15.9 Å². The van der Waals surface area contributed by atoms with Crippen molar-refractivity contribution in [2.75, 3.05) is 7.05 Å². The molecule has 0 aliphatic carbocycles. The summed E-state index contributed by atoms with van der Waals surface area (Å²) in [5, 5.41) is 4.99. The van der Waals surface area contributed by atoms with Gasteiger partial charge in [0.05, 0.1) is 5.52 Å². The maximum Gasteiger partial charge on any atom is 0.254 e. The van der Waals surface area contributed by atoms with E-state index in [0.717, 1.165) is 16.5 Å². The van der Waals surface area contributed by atoms with E-state index in [-0.39, 0.29) is 5.91 Å². The maximum absolute atomic E-state index is 12.6. The van der Waals surface area contributed by atoms with Crippen LogP contribution in [0.5, 0.6) is 0 Å². The van der Waals surface area contributed by atoms with Gasteiger partial charge in [-0.2, -0.15) is 11.3 Å². The van der Waals surface area contributed by atoms with E-state index < -0.39 is 0 Å². The van der Waals surface area contributed by atoms with Crippen LogP contribution in [0.15, 0.2) is 53.4 Å². The van der Waals surface area contributed by atoms with E-state index in [9.17, 15) is 4.79 Å². The van der Waals surface area contributed by atoms with Crippen molar-refractivity contribution in [3.05, 3.63) is 64.5 Å². The molecule has 2 aromatic heterocycles. The van der Waals surface area contributed by atoms with Crippen LogP contribution >= 0.6 is 11.3 Å². The monoisotopic (exact) mass is 282 g/mol. The number of hydrogen-bond acceptors (Lipinski definition) is 3. The molecule has 0 fully saturated rings. The lowest BCUT2D eigenvalue weighted by Gasteiger charge is -2.17. The van der Waals surface area contributed by atoms with Crippen molar-refractivity contribution >= 4 is 28.1 Å². The quantitative estimate of drug-likeness (QED) is 0.736. The Bertz CT molecular complexity index is 732. The SMILES string of the molecule is CN(Cc1ccsc1)C(=O)c1cccc2ncccc12. The Morgan fingerprint density at radius 3 is 2.95 bits per heavy atom. The van der Waals surface area contributed by atoms with Gasteiger partial charge in [-0.25, -0.2) is 0 Å². The van der Waals surface area contributed by atoms with E-state index in [1.165, 1.54) is 0 Å². The molecular weight excluding hydrogens is 268 g/mol. The molecule has 4 heteroatoms. The zero-order valence-corrected chi connectivity index (χ0v) is 11.9. The predicted octanol–water partition coefficient (Wildman–Crippen LogP) is 3.57. The second kappa shape index (κ2) is 5.43. The summed E-state index contributed by atoms with van der Waals surface area (Å²) in [7, 11) is 1.83. The molecule has 3 nitrogen and oxygen atoms in total. The number of hydrogen-bond donors (Lipinski definition) is 0. The van der Waals surface area contributed by atoms with Crippen molar-refractivity contribution in [2.45, 2.75) is 6.54 Å². The summed E-state index contributed by atoms with van der Waals surface area (Å²) in [6.07, 6.45) is 1.74. The second-order valence-electron chi connectivity index (χ2n) is 4.67. The lowest BCUT2D eigenvalue weighted by molar-refractivity contribution is 0.0787. The van der Waals surface area contributed by atoms with Crippen LogP contribution in [-0.2, 0) is 6.54 Å². The molecular formula is C16H14N2OS. The van der Waals surface area contributed by atoms with Crippen LogP contribution < -0.4 is 0 Å². The minimum Gasteiger partial charge on any atom is -0.337 e. The predicted molar refractivity (Wildman–Crippen MR) is 81.9 cm³/mol. The van der Waals surface area contributed by atoms with Crippen molar-refractivity contribution in [1.82, 2.24) is 9.88 Å². The zero-order chi connectivity index (χ0) is 13.9. The van der Waals surface area contributed by atoms with Gasteiger partial charge in [0.2, 0.25) is 0 Å². The van der Waals surface area contributed by atoms with E-state index in [4.69, 9.17) is 0 Å². The molecule has 0 bridgehead atoms. The maximum atomic E-state index is 12.6. The summed E-state index contributed by atoms with van der Waals surface area (Å²) in [5.41, 5.74) is 2.71.